The van der Waals surface area contributed by atoms with E-state index < -0.39 is 5.54 Å². The van der Waals surface area contributed by atoms with Crippen LogP contribution in [0.3, 0.4) is 0 Å². The predicted octanol–water partition coefficient (Wildman–Crippen LogP) is 3.16. The average Bonchev–Trinajstić information content (AvgIpc) is 3.27. The number of carbonyl (C=O) groups excluding carboxylic acids is 4. The van der Waals surface area contributed by atoms with E-state index in [1.165, 1.54) is 4.90 Å². The molecule has 4 aliphatic heterocycles. The Hall–Kier alpha value is -2.94. The van der Waals surface area contributed by atoms with E-state index in [4.69, 9.17) is 0 Å². The minimum absolute atomic E-state index is 0.0149. The van der Waals surface area contributed by atoms with E-state index in [2.05, 4.69) is 22.3 Å². The van der Waals surface area contributed by atoms with E-state index in [-0.39, 0.29) is 53.8 Å². The van der Waals surface area contributed by atoms with Crippen molar-refractivity contribution in [2.45, 2.75) is 95.4 Å². The fourth-order valence-corrected chi connectivity index (χ4v) is 7.67. The fraction of sp³-hybridized carbons (Fsp3) is 0.667. The van der Waals surface area contributed by atoms with Gasteiger partial charge in [-0.15, -0.1) is 0 Å². The van der Waals surface area contributed by atoms with Gasteiger partial charge in [0.05, 0.1) is 12.0 Å². The second-order valence-electron chi connectivity index (χ2n) is 12.2. The molecule has 0 aromatic heterocycles. The molecular weight excluding hydrogens is 494 g/mol. The van der Waals surface area contributed by atoms with Crippen molar-refractivity contribution in [2.24, 2.45) is 5.92 Å². The SMILES string of the molecule is CC(=O)N1CCC[C@H](C(=O)N[C@@H](CCN2C3CCC2CC2(C3)C(=O)N(C)C(=O)N2C(C)C)c2ccccc2)C1. The first kappa shape index (κ1) is 27.6. The number of amides is 5. The molecule has 2 unspecified atom stereocenters. The fourth-order valence-electron chi connectivity index (χ4n) is 7.67. The molecule has 0 aliphatic carbocycles. The molecule has 1 N–H and O–H groups in total. The number of fused-ring (bicyclic) bond motifs is 2. The van der Waals surface area contributed by atoms with Crippen molar-refractivity contribution in [2.75, 3.05) is 26.7 Å². The van der Waals surface area contributed by atoms with Crippen LogP contribution in [0.4, 0.5) is 4.79 Å². The van der Waals surface area contributed by atoms with Crippen molar-refractivity contribution in [3.05, 3.63) is 35.9 Å². The van der Waals surface area contributed by atoms with Crippen LogP contribution in [0.15, 0.2) is 30.3 Å². The number of likely N-dealkylation sites (tertiary alicyclic amines) is 1. The standard InChI is InChI=1S/C30H43N5O4/c1-20(2)35-29(39)32(4)28(38)30(35)17-24-12-13-25(18-30)34(24)16-14-26(22-9-6-5-7-10-22)31-27(37)23-11-8-15-33(19-23)21(3)36/h5-7,9-10,20,23-26H,8,11-19H2,1-4H3,(H,31,37)/t23-,24?,25?,26-,30?/m0/s1. The zero-order chi connectivity index (χ0) is 27.9. The van der Waals surface area contributed by atoms with Gasteiger partial charge in [-0.1, -0.05) is 30.3 Å². The number of nitrogens with one attached hydrogen (secondary N) is 1. The van der Waals surface area contributed by atoms with Gasteiger partial charge in [0, 0.05) is 51.7 Å². The van der Waals surface area contributed by atoms with Crippen LogP contribution in [0.25, 0.3) is 0 Å². The number of benzene rings is 1. The van der Waals surface area contributed by atoms with Gasteiger partial charge in [-0.3, -0.25) is 24.2 Å². The molecule has 4 saturated heterocycles. The van der Waals surface area contributed by atoms with E-state index >= 15 is 0 Å². The first-order valence-electron chi connectivity index (χ1n) is 14.6. The number of hydrogen-bond donors (Lipinski definition) is 1. The summed E-state index contributed by atoms with van der Waals surface area (Å²) in [7, 11) is 1.61. The quantitative estimate of drug-likeness (QED) is 0.540. The molecule has 5 rings (SSSR count). The highest BCUT2D eigenvalue weighted by Crippen LogP contribution is 2.48. The number of imide groups is 1. The number of carbonyl (C=O) groups is 4. The third-order valence-corrected chi connectivity index (χ3v) is 9.52. The van der Waals surface area contributed by atoms with Gasteiger partial charge in [-0.25, -0.2) is 4.79 Å². The van der Waals surface area contributed by atoms with Gasteiger partial charge in [-0.2, -0.15) is 0 Å². The van der Waals surface area contributed by atoms with E-state index in [0.717, 1.165) is 50.8 Å². The molecule has 1 aromatic rings. The van der Waals surface area contributed by atoms with Gasteiger partial charge in [0.25, 0.3) is 5.91 Å². The van der Waals surface area contributed by atoms with Crippen molar-refractivity contribution < 1.29 is 19.2 Å². The Morgan fingerprint density at radius 3 is 2.33 bits per heavy atom. The Kier molecular flexibility index (Phi) is 7.73. The van der Waals surface area contributed by atoms with E-state index in [1.807, 2.05) is 36.9 Å². The molecule has 0 saturated carbocycles. The number of rotatable bonds is 7. The van der Waals surface area contributed by atoms with E-state index in [9.17, 15) is 19.2 Å². The Bertz CT molecular complexity index is 1090. The number of likely N-dealkylation sites (N-methyl/N-ethyl adjacent to an activating group) is 1. The van der Waals surface area contributed by atoms with Crippen LogP contribution in [0.2, 0.25) is 0 Å². The van der Waals surface area contributed by atoms with Crippen LogP contribution in [-0.2, 0) is 14.4 Å². The smallest absolute Gasteiger partial charge is 0.327 e. The monoisotopic (exact) mass is 537 g/mol. The van der Waals surface area contributed by atoms with Crippen LogP contribution in [-0.4, -0.2) is 93.7 Å². The Labute approximate surface area is 231 Å². The summed E-state index contributed by atoms with van der Waals surface area (Å²) >= 11 is 0. The van der Waals surface area contributed by atoms with E-state index in [1.54, 1.807) is 18.9 Å². The molecule has 1 aromatic carbocycles. The molecule has 9 heteroatoms. The number of piperidine rings is 2. The third kappa shape index (κ3) is 5.06. The zero-order valence-electron chi connectivity index (χ0n) is 23.8. The van der Waals surface area contributed by atoms with Crippen molar-refractivity contribution in [1.82, 2.24) is 24.9 Å². The van der Waals surface area contributed by atoms with Crippen LogP contribution in [0.1, 0.15) is 77.3 Å². The summed E-state index contributed by atoms with van der Waals surface area (Å²) in [4.78, 5) is 59.1. The lowest BCUT2D eigenvalue weighted by Crippen LogP contribution is -2.61. The molecule has 9 nitrogen and oxygen atoms in total. The van der Waals surface area contributed by atoms with Gasteiger partial charge in [0.15, 0.2) is 0 Å². The minimum atomic E-state index is -0.737. The molecule has 5 amide bonds. The first-order valence-corrected chi connectivity index (χ1v) is 14.6. The molecule has 4 atom stereocenters. The largest absolute Gasteiger partial charge is 0.349 e. The molecule has 4 aliphatic rings. The minimum Gasteiger partial charge on any atom is -0.349 e. The summed E-state index contributed by atoms with van der Waals surface area (Å²) in [5.74, 6) is -0.208. The summed E-state index contributed by atoms with van der Waals surface area (Å²) in [5.41, 5.74) is 0.342. The highest BCUT2D eigenvalue weighted by atomic mass is 16.2. The van der Waals surface area contributed by atoms with Crippen LogP contribution in [0.5, 0.6) is 0 Å². The topological polar surface area (TPSA) is 93.3 Å². The van der Waals surface area contributed by atoms with Crippen molar-refractivity contribution in [1.29, 1.82) is 0 Å². The molecule has 39 heavy (non-hydrogen) atoms. The van der Waals surface area contributed by atoms with Crippen molar-refractivity contribution in [3.8, 4) is 0 Å². The summed E-state index contributed by atoms with van der Waals surface area (Å²) in [6.07, 6.45) is 5.78. The van der Waals surface area contributed by atoms with Crippen molar-refractivity contribution in [3.63, 3.8) is 0 Å². The van der Waals surface area contributed by atoms with Gasteiger partial charge >= 0.3 is 6.03 Å². The van der Waals surface area contributed by atoms with E-state index in [0.29, 0.717) is 19.4 Å². The lowest BCUT2D eigenvalue weighted by Gasteiger charge is -2.48. The lowest BCUT2D eigenvalue weighted by atomic mass is 9.80. The number of urea groups is 1. The summed E-state index contributed by atoms with van der Waals surface area (Å²) in [6.45, 7) is 7.57. The van der Waals surface area contributed by atoms with Crippen LogP contribution >= 0.6 is 0 Å². The highest BCUT2D eigenvalue weighted by molar-refractivity contribution is 6.07. The third-order valence-electron chi connectivity index (χ3n) is 9.52. The van der Waals surface area contributed by atoms with Crippen LogP contribution < -0.4 is 5.32 Å². The molecule has 0 radical (unpaired) electrons. The number of hydrogen-bond acceptors (Lipinski definition) is 5. The Morgan fingerprint density at radius 2 is 1.72 bits per heavy atom. The second-order valence-corrected chi connectivity index (χ2v) is 12.2. The highest BCUT2D eigenvalue weighted by Gasteiger charge is 2.62. The number of nitrogens with zero attached hydrogens (tertiary/aromatic N) is 4. The van der Waals surface area contributed by atoms with Gasteiger partial charge in [-0.05, 0) is 64.4 Å². The molecule has 1 spiro atoms. The van der Waals surface area contributed by atoms with Gasteiger partial charge in [0.2, 0.25) is 11.8 Å². The first-order chi connectivity index (χ1) is 18.6. The molecule has 4 fully saturated rings. The van der Waals surface area contributed by atoms with Crippen molar-refractivity contribution >= 4 is 23.8 Å². The Morgan fingerprint density at radius 1 is 1.05 bits per heavy atom. The average molecular weight is 538 g/mol. The molecule has 4 heterocycles. The van der Waals surface area contributed by atoms with Gasteiger partial charge in [0.1, 0.15) is 5.54 Å². The molecule has 212 valence electrons. The normalized spacial score (nSPS) is 30.0. The van der Waals surface area contributed by atoms with Gasteiger partial charge < -0.3 is 15.1 Å². The predicted molar refractivity (Wildman–Crippen MR) is 148 cm³/mol. The summed E-state index contributed by atoms with van der Waals surface area (Å²) in [6, 6.07) is 10.2. The maximum absolute atomic E-state index is 13.4. The maximum atomic E-state index is 13.4. The second kappa shape index (κ2) is 10.9. The molecular formula is C30H43N5O4. The lowest BCUT2D eigenvalue weighted by molar-refractivity contribution is -0.137. The zero-order valence-corrected chi connectivity index (χ0v) is 23.8. The molecule has 2 bridgehead atoms. The summed E-state index contributed by atoms with van der Waals surface area (Å²) < 4.78 is 0. The maximum Gasteiger partial charge on any atom is 0.327 e. The van der Waals surface area contributed by atoms with Crippen LogP contribution in [0, 0.1) is 5.92 Å². The summed E-state index contributed by atoms with van der Waals surface area (Å²) in [5, 5.41) is 3.32. The Balaban J connectivity index is 1.28.